The van der Waals surface area contributed by atoms with Crippen molar-refractivity contribution in [3.8, 4) is 0 Å². The van der Waals surface area contributed by atoms with Gasteiger partial charge in [-0.25, -0.2) is 4.98 Å². The summed E-state index contributed by atoms with van der Waals surface area (Å²) in [4.78, 5) is 20.5. The molecule has 2 aromatic heterocycles. The van der Waals surface area contributed by atoms with Crippen LogP contribution < -0.4 is 5.32 Å². The van der Waals surface area contributed by atoms with Crippen LogP contribution in [0.3, 0.4) is 0 Å². The number of H-pyrrole nitrogens is 2. The summed E-state index contributed by atoms with van der Waals surface area (Å²) in [5, 5.41) is 10.1. The topological polar surface area (TPSA) is 86.5 Å². The minimum atomic E-state index is -0.198. The summed E-state index contributed by atoms with van der Waals surface area (Å²) < 4.78 is 0. The number of hydrogen-bond donors (Lipinski definition) is 3. The smallest absolute Gasteiger partial charge is 0.272 e. The first-order valence-electron chi connectivity index (χ1n) is 8.38. The third-order valence-electron chi connectivity index (χ3n) is 4.04. The lowest BCUT2D eigenvalue weighted by atomic mass is 10.0. The lowest BCUT2D eigenvalue weighted by Crippen LogP contribution is -2.32. The van der Waals surface area contributed by atoms with Gasteiger partial charge in [-0.1, -0.05) is 39.3 Å². The van der Waals surface area contributed by atoms with Crippen molar-refractivity contribution in [3.05, 3.63) is 47.5 Å². The van der Waals surface area contributed by atoms with Crippen LogP contribution >= 0.6 is 0 Å². The number of aromatic amines is 2. The quantitative estimate of drug-likeness (QED) is 0.649. The Hall–Kier alpha value is -2.63. The Morgan fingerprint density at radius 3 is 2.79 bits per heavy atom. The van der Waals surface area contributed by atoms with Crippen LogP contribution in [-0.2, 0) is 6.42 Å². The number of benzene rings is 1. The van der Waals surface area contributed by atoms with Crippen molar-refractivity contribution >= 4 is 16.9 Å². The van der Waals surface area contributed by atoms with Crippen molar-refractivity contribution in [1.82, 2.24) is 25.5 Å². The van der Waals surface area contributed by atoms with Crippen molar-refractivity contribution in [2.24, 2.45) is 5.92 Å². The molecule has 0 saturated carbocycles. The largest absolute Gasteiger partial charge is 0.340 e. The van der Waals surface area contributed by atoms with Crippen LogP contribution in [0.4, 0.5) is 0 Å². The Morgan fingerprint density at radius 1 is 1.29 bits per heavy atom. The second kappa shape index (κ2) is 6.86. The van der Waals surface area contributed by atoms with Crippen LogP contribution in [0.15, 0.2) is 30.3 Å². The van der Waals surface area contributed by atoms with E-state index in [0.717, 1.165) is 35.4 Å². The van der Waals surface area contributed by atoms with Gasteiger partial charge >= 0.3 is 0 Å². The highest BCUT2D eigenvalue weighted by atomic mass is 16.2. The van der Waals surface area contributed by atoms with E-state index in [9.17, 15) is 4.79 Å². The average Bonchev–Trinajstić information content (AvgIpc) is 3.18. The third kappa shape index (κ3) is 3.32. The summed E-state index contributed by atoms with van der Waals surface area (Å²) in [6.07, 6.45) is 1.90. The number of para-hydroxylation sites is 2. The number of aromatic nitrogens is 4. The standard InChI is InChI=1S/C18H23N5O/c1-4-7-12-10-15(23-22-12)18(24)21-16(11(2)3)17-19-13-8-5-6-9-14(13)20-17/h5-6,8-11,16H,4,7H2,1-3H3,(H,19,20)(H,21,24)(H,22,23)/t16-/m0/s1. The Morgan fingerprint density at radius 2 is 2.08 bits per heavy atom. The zero-order valence-corrected chi connectivity index (χ0v) is 14.3. The summed E-state index contributed by atoms with van der Waals surface area (Å²) in [6, 6.07) is 9.47. The number of carbonyl (C=O) groups is 1. The maximum atomic E-state index is 12.5. The molecule has 3 rings (SSSR count). The van der Waals surface area contributed by atoms with Crippen LogP contribution in [0.25, 0.3) is 11.0 Å². The van der Waals surface area contributed by atoms with Crippen LogP contribution in [0, 0.1) is 5.92 Å². The Kier molecular flexibility index (Phi) is 4.64. The normalized spacial score (nSPS) is 12.7. The minimum Gasteiger partial charge on any atom is -0.340 e. The Balaban J connectivity index is 1.81. The van der Waals surface area contributed by atoms with E-state index in [4.69, 9.17) is 0 Å². The molecule has 0 unspecified atom stereocenters. The second-order valence-corrected chi connectivity index (χ2v) is 6.36. The number of rotatable bonds is 6. The first-order chi connectivity index (χ1) is 11.6. The molecule has 0 saturated heterocycles. The lowest BCUT2D eigenvalue weighted by molar-refractivity contribution is 0.0918. The number of imidazole rings is 1. The van der Waals surface area contributed by atoms with E-state index in [2.05, 4.69) is 46.3 Å². The highest BCUT2D eigenvalue weighted by Gasteiger charge is 2.23. The number of aryl methyl sites for hydroxylation is 1. The predicted octanol–water partition coefficient (Wildman–Crippen LogP) is 3.37. The van der Waals surface area contributed by atoms with E-state index in [-0.39, 0.29) is 17.9 Å². The molecule has 6 nitrogen and oxygen atoms in total. The Labute approximate surface area is 141 Å². The third-order valence-corrected chi connectivity index (χ3v) is 4.04. The van der Waals surface area contributed by atoms with Crippen molar-refractivity contribution in [1.29, 1.82) is 0 Å². The van der Waals surface area contributed by atoms with Gasteiger partial charge in [0, 0.05) is 5.69 Å². The molecule has 2 heterocycles. The number of fused-ring (bicyclic) bond motifs is 1. The van der Waals surface area contributed by atoms with Crippen molar-refractivity contribution in [2.45, 2.75) is 39.7 Å². The monoisotopic (exact) mass is 325 g/mol. The molecular weight excluding hydrogens is 302 g/mol. The van der Waals surface area contributed by atoms with Crippen molar-refractivity contribution in [2.75, 3.05) is 0 Å². The molecule has 0 aliphatic heterocycles. The fourth-order valence-corrected chi connectivity index (χ4v) is 2.76. The molecule has 0 bridgehead atoms. The molecule has 6 heteroatoms. The fourth-order valence-electron chi connectivity index (χ4n) is 2.76. The summed E-state index contributed by atoms with van der Waals surface area (Å²) in [5.74, 6) is 0.778. The van der Waals surface area contributed by atoms with E-state index in [1.54, 1.807) is 0 Å². The number of amides is 1. The van der Waals surface area contributed by atoms with E-state index >= 15 is 0 Å². The molecule has 1 aromatic carbocycles. The molecule has 0 radical (unpaired) electrons. The molecule has 3 aromatic rings. The highest BCUT2D eigenvalue weighted by molar-refractivity contribution is 5.92. The molecule has 24 heavy (non-hydrogen) atoms. The molecule has 0 fully saturated rings. The zero-order valence-electron chi connectivity index (χ0n) is 14.3. The molecule has 0 spiro atoms. The van der Waals surface area contributed by atoms with Gasteiger partial charge in [0.05, 0.1) is 17.1 Å². The van der Waals surface area contributed by atoms with Gasteiger partial charge in [-0.3, -0.25) is 9.89 Å². The van der Waals surface area contributed by atoms with Gasteiger partial charge in [0.2, 0.25) is 0 Å². The van der Waals surface area contributed by atoms with E-state index < -0.39 is 0 Å². The summed E-state index contributed by atoms with van der Waals surface area (Å²) in [5.41, 5.74) is 3.27. The van der Waals surface area contributed by atoms with Gasteiger partial charge in [0.25, 0.3) is 5.91 Å². The molecule has 0 aliphatic carbocycles. The van der Waals surface area contributed by atoms with Crippen LogP contribution in [-0.4, -0.2) is 26.1 Å². The van der Waals surface area contributed by atoms with Crippen molar-refractivity contribution in [3.63, 3.8) is 0 Å². The summed E-state index contributed by atoms with van der Waals surface area (Å²) >= 11 is 0. The number of nitrogens with zero attached hydrogens (tertiary/aromatic N) is 2. The van der Waals surface area contributed by atoms with Gasteiger partial charge in [0.1, 0.15) is 11.5 Å². The van der Waals surface area contributed by atoms with Gasteiger partial charge < -0.3 is 10.3 Å². The molecule has 126 valence electrons. The summed E-state index contributed by atoms with van der Waals surface area (Å²) in [6.45, 7) is 6.22. The molecule has 3 N–H and O–H groups in total. The van der Waals surface area contributed by atoms with Gasteiger partial charge in [-0.2, -0.15) is 5.10 Å². The van der Waals surface area contributed by atoms with Crippen LogP contribution in [0.5, 0.6) is 0 Å². The SMILES string of the molecule is CCCc1cc(C(=O)N[C@H](c2nc3ccccc3[nH]2)C(C)C)n[nH]1. The van der Waals surface area contributed by atoms with E-state index in [1.807, 2.05) is 30.3 Å². The first kappa shape index (κ1) is 16.2. The number of hydrogen-bond acceptors (Lipinski definition) is 3. The first-order valence-corrected chi connectivity index (χ1v) is 8.38. The molecule has 1 atom stereocenters. The van der Waals surface area contributed by atoms with E-state index in [0.29, 0.717) is 5.69 Å². The number of nitrogens with one attached hydrogen (secondary N) is 3. The maximum Gasteiger partial charge on any atom is 0.272 e. The summed E-state index contributed by atoms with van der Waals surface area (Å²) in [7, 11) is 0. The van der Waals surface area contributed by atoms with Gasteiger partial charge in [0.15, 0.2) is 0 Å². The van der Waals surface area contributed by atoms with Gasteiger partial charge in [-0.05, 0) is 30.5 Å². The molecular formula is C18H23N5O. The predicted molar refractivity (Wildman–Crippen MR) is 93.7 cm³/mol. The zero-order chi connectivity index (χ0) is 17.1. The van der Waals surface area contributed by atoms with Crippen LogP contribution in [0.2, 0.25) is 0 Å². The van der Waals surface area contributed by atoms with Gasteiger partial charge in [-0.15, -0.1) is 0 Å². The van der Waals surface area contributed by atoms with E-state index in [1.165, 1.54) is 0 Å². The highest BCUT2D eigenvalue weighted by Crippen LogP contribution is 2.22. The lowest BCUT2D eigenvalue weighted by Gasteiger charge is -2.19. The fraction of sp³-hybridized carbons (Fsp3) is 0.389. The van der Waals surface area contributed by atoms with Crippen molar-refractivity contribution < 1.29 is 4.79 Å². The molecule has 0 aliphatic rings. The minimum absolute atomic E-state index is 0.187. The van der Waals surface area contributed by atoms with Crippen LogP contribution in [0.1, 0.15) is 55.2 Å². The second-order valence-electron chi connectivity index (χ2n) is 6.36. The Bertz CT molecular complexity index is 800. The maximum absolute atomic E-state index is 12.5. The number of carbonyl (C=O) groups excluding carboxylic acids is 1. The molecule has 1 amide bonds. The average molecular weight is 325 g/mol.